The molecule has 0 aromatic rings. The molecule has 2 aliphatic rings. The maximum Gasteiger partial charge on any atom is 0.305 e. The Morgan fingerprint density at radius 1 is 0.654 bits per heavy atom. The van der Waals surface area contributed by atoms with Crippen molar-refractivity contribution in [1.29, 1.82) is 0 Å². The molecule has 8 atom stereocenters. The summed E-state index contributed by atoms with van der Waals surface area (Å²) in [7, 11) is 0. The van der Waals surface area contributed by atoms with Crippen molar-refractivity contribution in [2.24, 2.45) is 23.7 Å². The predicted octanol–water partition coefficient (Wildman–Crippen LogP) is 7.43. The fraction of sp³-hybridized carbons (Fsp3) is 0.810. The van der Waals surface area contributed by atoms with Gasteiger partial charge in [0.15, 0.2) is 0 Å². The maximum atomic E-state index is 12.2. The van der Waals surface area contributed by atoms with Crippen LogP contribution in [0.25, 0.3) is 0 Å². The highest BCUT2D eigenvalue weighted by atomic mass is 16.5. The van der Waals surface area contributed by atoms with Gasteiger partial charge in [-0.05, 0) is 45.4 Å². The first-order valence-corrected chi connectivity index (χ1v) is 20.5. The summed E-state index contributed by atoms with van der Waals surface area (Å²) in [5, 5.41) is 49.0. The normalized spacial score (nSPS) is 24.4. The first-order valence-electron chi connectivity index (χ1n) is 20.5. The average Bonchev–Trinajstić information content (AvgIpc) is 3.52. The molecule has 52 heavy (non-hydrogen) atoms. The van der Waals surface area contributed by atoms with E-state index in [1.165, 1.54) is 0 Å². The Kier molecular flexibility index (Phi) is 26.6. The number of aliphatic hydroxyl groups excluding tert-OH is 4. The van der Waals surface area contributed by atoms with E-state index < -0.39 is 30.4 Å². The van der Waals surface area contributed by atoms with Crippen molar-refractivity contribution in [2.45, 2.75) is 186 Å². The lowest BCUT2D eigenvalue weighted by Gasteiger charge is -2.18. The van der Waals surface area contributed by atoms with Gasteiger partial charge in [0.05, 0.1) is 31.0 Å². The topological polar surface area (TPSA) is 179 Å². The minimum atomic E-state index is -0.767. The molecule has 0 heterocycles. The summed E-state index contributed by atoms with van der Waals surface area (Å²) in [6.07, 6.45) is 22.2. The number of aliphatic carboxylic acids is 1. The largest absolute Gasteiger partial charge is 0.481 e. The number of hydrogen-bond donors (Lipinski definition) is 5. The predicted molar refractivity (Wildman–Crippen MR) is 203 cm³/mol. The van der Waals surface area contributed by atoms with Crippen LogP contribution in [0.4, 0.5) is 0 Å². The number of Topliss-reactive ketones (excluding diaryl/α,β-unsaturated/α-hetero) is 2. The number of ether oxygens (including phenoxy) is 1. The Morgan fingerprint density at radius 3 is 1.48 bits per heavy atom. The Morgan fingerprint density at radius 2 is 1.08 bits per heavy atom. The van der Waals surface area contributed by atoms with Gasteiger partial charge in [0.25, 0.3) is 0 Å². The Labute approximate surface area is 313 Å². The van der Waals surface area contributed by atoms with Crippen LogP contribution in [0.3, 0.4) is 0 Å². The van der Waals surface area contributed by atoms with Gasteiger partial charge >= 0.3 is 11.9 Å². The third-order valence-corrected chi connectivity index (χ3v) is 10.4. The third kappa shape index (κ3) is 20.7. The van der Waals surface area contributed by atoms with Crippen molar-refractivity contribution in [3.63, 3.8) is 0 Å². The summed E-state index contributed by atoms with van der Waals surface area (Å²) in [5.41, 5.74) is 0. The highest BCUT2D eigenvalue weighted by Crippen LogP contribution is 2.35. The summed E-state index contributed by atoms with van der Waals surface area (Å²) >= 11 is 0. The van der Waals surface area contributed by atoms with Gasteiger partial charge in [-0.1, -0.05) is 115 Å². The van der Waals surface area contributed by atoms with Crippen molar-refractivity contribution in [3.05, 3.63) is 24.3 Å². The van der Waals surface area contributed by atoms with E-state index in [1.807, 2.05) is 12.2 Å². The number of ketones is 2. The van der Waals surface area contributed by atoms with Gasteiger partial charge < -0.3 is 30.3 Å². The molecule has 0 spiro atoms. The molecule has 2 rings (SSSR count). The number of hydrogen-bond acceptors (Lipinski definition) is 9. The van der Waals surface area contributed by atoms with E-state index in [2.05, 4.69) is 13.8 Å². The number of unbranched alkanes of at least 4 members (excludes halogenated alkanes) is 10. The number of carbonyl (C=O) groups is 4. The molecule has 0 amide bonds. The Bertz CT molecular complexity index is 1060. The van der Waals surface area contributed by atoms with Gasteiger partial charge in [0, 0.05) is 49.4 Å². The van der Waals surface area contributed by atoms with Gasteiger partial charge in [-0.25, -0.2) is 0 Å². The van der Waals surface area contributed by atoms with Crippen LogP contribution < -0.4 is 0 Å². The fourth-order valence-corrected chi connectivity index (χ4v) is 7.31. The highest BCUT2D eigenvalue weighted by Gasteiger charge is 2.40. The molecule has 0 aliphatic heterocycles. The zero-order valence-corrected chi connectivity index (χ0v) is 32.5. The van der Waals surface area contributed by atoms with E-state index in [1.54, 1.807) is 19.1 Å². The van der Waals surface area contributed by atoms with Gasteiger partial charge in [0.2, 0.25) is 0 Å². The number of carboxylic acid groups (broad SMARTS) is 1. The number of esters is 1. The van der Waals surface area contributed by atoms with Crippen LogP contribution >= 0.6 is 0 Å². The highest BCUT2D eigenvalue weighted by molar-refractivity contribution is 5.85. The smallest absolute Gasteiger partial charge is 0.305 e. The zero-order chi connectivity index (χ0) is 38.7. The van der Waals surface area contributed by atoms with E-state index in [4.69, 9.17) is 9.84 Å². The molecule has 2 aliphatic carbocycles. The number of carboxylic acids is 1. The van der Waals surface area contributed by atoms with Crippen LogP contribution in [0, 0.1) is 23.7 Å². The van der Waals surface area contributed by atoms with E-state index in [9.17, 15) is 39.6 Å². The first kappa shape index (κ1) is 47.6. The molecule has 0 bridgehead atoms. The molecule has 300 valence electrons. The molecule has 2 fully saturated rings. The molecule has 10 heteroatoms. The summed E-state index contributed by atoms with van der Waals surface area (Å²) in [6, 6.07) is 0. The molecule has 0 aromatic carbocycles. The quantitative estimate of drug-likeness (QED) is 0.0324. The van der Waals surface area contributed by atoms with Gasteiger partial charge in [-0.2, -0.15) is 0 Å². The van der Waals surface area contributed by atoms with Crippen LogP contribution in [0.5, 0.6) is 0 Å². The lowest BCUT2D eigenvalue weighted by atomic mass is 9.88. The average molecular weight is 737 g/mol. The zero-order valence-electron chi connectivity index (χ0n) is 32.5. The second kappa shape index (κ2) is 29.0. The van der Waals surface area contributed by atoms with Crippen LogP contribution in [0.15, 0.2) is 24.3 Å². The fourth-order valence-electron chi connectivity index (χ4n) is 7.31. The lowest BCUT2D eigenvalue weighted by Crippen LogP contribution is -2.19. The summed E-state index contributed by atoms with van der Waals surface area (Å²) in [4.78, 5) is 46.1. The minimum absolute atomic E-state index is 0.105. The molecule has 0 radical (unpaired) electrons. The van der Waals surface area contributed by atoms with E-state index in [0.29, 0.717) is 19.4 Å². The molecule has 0 saturated heterocycles. The second-order valence-corrected chi connectivity index (χ2v) is 14.8. The van der Waals surface area contributed by atoms with Gasteiger partial charge in [0.1, 0.15) is 11.6 Å². The van der Waals surface area contributed by atoms with Gasteiger partial charge in [-0.15, -0.1) is 0 Å². The van der Waals surface area contributed by atoms with Crippen molar-refractivity contribution in [2.75, 3.05) is 6.61 Å². The molecule has 10 nitrogen and oxygen atoms in total. The SMILES string of the molecule is CCCCC[C@H](O)/C=C/[C@H]1[C@H](O)CC(=O)[C@@H]1CCCCCCC(=O)O.CCCCC[C@H](O)/C=C/[C@H]1[C@H](O)CC(=O)[C@@H]1CCCCCCC(=O)OCC. The molecule has 2 saturated carbocycles. The Balaban J connectivity index is 0.000000522. The number of aliphatic hydroxyl groups is 4. The summed E-state index contributed by atoms with van der Waals surface area (Å²) < 4.78 is 4.91. The van der Waals surface area contributed by atoms with Crippen molar-refractivity contribution in [1.82, 2.24) is 0 Å². The molecular weight excluding hydrogens is 664 g/mol. The van der Waals surface area contributed by atoms with E-state index >= 15 is 0 Å². The molecular formula is C42H72O10. The van der Waals surface area contributed by atoms with E-state index in [-0.39, 0.29) is 60.5 Å². The monoisotopic (exact) mass is 737 g/mol. The molecule has 0 unspecified atom stereocenters. The van der Waals surface area contributed by atoms with E-state index in [0.717, 1.165) is 109 Å². The van der Waals surface area contributed by atoms with Crippen molar-refractivity contribution >= 4 is 23.5 Å². The summed E-state index contributed by atoms with van der Waals surface area (Å²) in [5.74, 6) is -1.38. The lowest BCUT2D eigenvalue weighted by molar-refractivity contribution is -0.143. The standard InChI is InChI=1S/C22H38O5.C20H34O5/c1-3-5-8-11-17(23)14-15-19-18(20(24)16-21(19)25)12-9-6-7-10-13-22(26)27-4-2;1-2-3-6-9-15(21)12-13-17-16(18(22)14-19(17)23)10-7-4-5-8-11-20(24)25/h14-15,17-19,21,23,25H,3-13,16H2,1-2H3;12-13,15-17,19,21,23H,2-11,14H2,1H3,(H,24,25)/b15-14+;13-12+/t17-,18+,19+,21+;15-,16+,17+,19+/m00/s1. The first-order chi connectivity index (χ1) is 24.9. The van der Waals surface area contributed by atoms with Crippen LogP contribution in [0.2, 0.25) is 0 Å². The minimum Gasteiger partial charge on any atom is -0.481 e. The number of rotatable bonds is 27. The third-order valence-electron chi connectivity index (χ3n) is 10.4. The Hall–Kier alpha value is -2.40. The van der Waals surface area contributed by atoms with Gasteiger partial charge in [-0.3, -0.25) is 19.2 Å². The van der Waals surface area contributed by atoms with Crippen LogP contribution in [-0.2, 0) is 23.9 Å². The van der Waals surface area contributed by atoms with Crippen molar-refractivity contribution < 1.29 is 49.4 Å². The summed E-state index contributed by atoms with van der Waals surface area (Å²) in [6.45, 7) is 6.48. The van der Waals surface area contributed by atoms with Crippen molar-refractivity contribution in [3.8, 4) is 0 Å². The maximum absolute atomic E-state index is 12.2. The number of carbonyl (C=O) groups excluding carboxylic acids is 3. The molecule has 5 N–H and O–H groups in total. The van der Waals surface area contributed by atoms with Crippen LogP contribution in [-0.4, -0.2) is 80.1 Å². The second-order valence-electron chi connectivity index (χ2n) is 14.8. The van der Waals surface area contributed by atoms with Crippen LogP contribution in [0.1, 0.15) is 162 Å². The molecule has 0 aromatic heterocycles.